The van der Waals surface area contributed by atoms with Crippen LogP contribution < -0.4 is 5.32 Å². The van der Waals surface area contributed by atoms with Crippen molar-refractivity contribution in [3.8, 4) is 0 Å². The molecule has 2 unspecified atom stereocenters. The highest BCUT2D eigenvalue weighted by Crippen LogP contribution is 2.32. The van der Waals surface area contributed by atoms with E-state index in [9.17, 15) is 5.11 Å². The van der Waals surface area contributed by atoms with Crippen molar-refractivity contribution in [1.82, 2.24) is 19.9 Å². The summed E-state index contributed by atoms with van der Waals surface area (Å²) >= 11 is 3.30. The SMILES string of the molecule is CSc1nc2ncnc(NC3CCN(C4CCCCC4O)CC3)c2s1. The van der Waals surface area contributed by atoms with Gasteiger partial charge in [-0.15, -0.1) is 11.3 Å². The molecule has 2 N–H and O–H groups in total. The van der Waals surface area contributed by atoms with Crippen LogP contribution in [0.1, 0.15) is 38.5 Å². The quantitative estimate of drug-likeness (QED) is 0.791. The minimum Gasteiger partial charge on any atom is -0.391 e. The van der Waals surface area contributed by atoms with Gasteiger partial charge in [-0.05, 0) is 31.9 Å². The monoisotopic (exact) mass is 379 g/mol. The smallest absolute Gasteiger partial charge is 0.176 e. The topological polar surface area (TPSA) is 74.2 Å². The molecule has 2 fully saturated rings. The second kappa shape index (κ2) is 7.73. The predicted molar refractivity (Wildman–Crippen MR) is 103 cm³/mol. The summed E-state index contributed by atoms with van der Waals surface area (Å²) in [6.07, 6.45) is 10.2. The summed E-state index contributed by atoms with van der Waals surface area (Å²) in [5.74, 6) is 0.916. The van der Waals surface area contributed by atoms with Gasteiger partial charge in [0.15, 0.2) is 9.99 Å². The summed E-state index contributed by atoms with van der Waals surface area (Å²) in [5.41, 5.74) is 0.787. The van der Waals surface area contributed by atoms with E-state index in [-0.39, 0.29) is 6.10 Å². The number of rotatable bonds is 4. The van der Waals surface area contributed by atoms with E-state index >= 15 is 0 Å². The van der Waals surface area contributed by atoms with Crippen LogP contribution in [0.4, 0.5) is 5.82 Å². The number of aromatic nitrogens is 3. The molecular weight excluding hydrogens is 354 g/mol. The third-order valence-electron chi connectivity index (χ3n) is 5.38. The van der Waals surface area contributed by atoms with Crippen LogP contribution in [0, 0.1) is 0 Å². The lowest BCUT2D eigenvalue weighted by atomic mass is 9.89. The molecule has 1 saturated carbocycles. The fourth-order valence-electron chi connectivity index (χ4n) is 4.01. The summed E-state index contributed by atoms with van der Waals surface area (Å²) in [7, 11) is 0. The van der Waals surface area contributed by atoms with Crippen LogP contribution in [0.25, 0.3) is 10.3 Å². The molecule has 2 atom stereocenters. The van der Waals surface area contributed by atoms with Crippen molar-refractivity contribution >= 4 is 39.3 Å². The molecule has 8 heteroatoms. The molecule has 6 nitrogen and oxygen atoms in total. The largest absolute Gasteiger partial charge is 0.391 e. The van der Waals surface area contributed by atoms with Crippen molar-refractivity contribution in [1.29, 1.82) is 0 Å². The molecule has 0 radical (unpaired) electrons. The Morgan fingerprint density at radius 2 is 2.00 bits per heavy atom. The second-order valence-corrected chi connectivity index (χ2v) is 8.99. The minimum absolute atomic E-state index is 0.137. The van der Waals surface area contributed by atoms with Crippen LogP contribution in [0.5, 0.6) is 0 Å². The van der Waals surface area contributed by atoms with Gasteiger partial charge in [0, 0.05) is 25.2 Å². The number of aliphatic hydroxyl groups excluding tert-OH is 1. The highest BCUT2D eigenvalue weighted by molar-refractivity contribution is 8.00. The first-order valence-electron chi connectivity index (χ1n) is 9.09. The van der Waals surface area contributed by atoms with E-state index in [0.717, 1.165) is 59.3 Å². The van der Waals surface area contributed by atoms with Crippen LogP contribution in [0.3, 0.4) is 0 Å². The highest BCUT2D eigenvalue weighted by Gasteiger charge is 2.31. The first-order chi connectivity index (χ1) is 12.2. The van der Waals surface area contributed by atoms with Crippen molar-refractivity contribution in [3.05, 3.63) is 6.33 Å². The van der Waals surface area contributed by atoms with Crippen molar-refractivity contribution in [2.45, 2.75) is 61.1 Å². The average molecular weight is 380 g/mol. The van der Waals surface area contributed by atoms with Gasteiger partial charge in [-0.25, -0.2) is 15.0 Å². The van der Waals surface area contributed by atoms with E-state index in [0.29, 0.717) is 12.1 Å². The molecule has 2 aliphatic rings. The average Bonchev–Trinajstić information content (AvgIpc) is 3.07. The highest BCUT2D eigenvalue weighted by atomic mass is 32.2. The maximum Gasteiger partial charge on any atom is 0.176 e. The van der Waals surface area contributed by atoms with Gasteiger partial charge < -0.3 is 10.4 Å². The number of piperidine rings is 1. The lowest BCUT2D eigenvalue weighted by molar-refractivity contribution is 0.00993. The van der Waals surface area contributed by atoms with Crippen LogP contribution in [-0.2, 0) is 0 Å². The molecule has 0 bridgehead atoms. The molecule has 1 aliphatic carbocycles. The van der Waals surface area contributed by atoms with Gasteiger partial charge in [0.1, 0.15) is 16.8 Å². The van der Waals surface area contributed by atoms with Crippen LogP contribution >= 0.6 is 23.1 Å². The summed E-state index contributed by atoms with van der Waals surface area (Å²) in [6, 6.07) is 0.793. The lowest BCUT2D eigenvalue weighted by Gasteiger charge is -2.41. The van der Waals surface area contributed by atoms with Crippen molar-refractivity contribution in [3.63, 3.8) is 0 Å². The number of nitrogens with one attached hydrogen (secondary N) is 1. The second-order valence-electron chi connectivity index (χ2n) is 6.93. The number of anilines is 1. The fraction of sp³-hybridized carbons (Fsp3) is 0.706. The van der Waals surface area contributed by atoms with Crippen molar-refractivity contribution < 1.29 is 5.11 Å². The van der Waals surface area contributed by atoms with Gasteiger partial charge in [-0.3, -0.25) is 4.90 Å². The van der Waals surface area contributed by atoms with Gasteiger partial charge in [0.2, 0.25) is 0 Å². The van der Waals surface area contributed by atoms with E-state index in [2.05, 4.69) is 25.2 Å². The third kappa shape index (κ3) is 3.77. The molecule has 25 heavy (non-hydrogen) atoms. The lowest BCUT2D eigenvalue weighted by Crippen LogP contribution is -2.50. The number of nitrogens with zero attached hydrogens (tertiary/aromatic N) is 4. The number of thiazole rings is 1. The van der Waals surface area contributed by atoms with Gasteiger partial charge >= 0.3 is 0 Å². The van der Waals surface area contributed by atoms with Crippen molar-refractivity contribution in [2.75, 3.05) is 24.7 Å². The predicted octanol–water partition coefficient (Wildman–Crippen LogP) is 2.99. The molecule has 1 aliphatic heterocycles. The zero-order valence-corrected chi connectivity index (χ0v) is 16.2. The standard InChI is InChI=1S/C17H25N5OS2/c1-24-17-21-16-14(25-17)15(18-10-19-16)20-11-6-8-22(9-7-11)12-4-2-3-5-13(12)23/h10-13,23H,2-9H2,1H3,(H,18,19,20). The molecule has 1 saturated heterocycles. The Balaban J connectivity index is 1.39. The number of fused-ring (bicyclic) bond motifs is 1. The Labute approximate surface area is 156 Å². The molecule has 4 rings (SSSR count). The number of hydrogen-bond donors (Lipinski definition) is 2. The number of likely N-dealkylation sites (tertiary alicyclic amines) is 1. The Kier molecular flexibility index (Phi) is 5.40. The molecule has 3 heterocycles. The fourth-order valence-corrected chi connectivity index (χ4v) is 5.48. The minimum atomic E-state index is -0.137. The van der Waals surface area contributed by atoms with E-state index in [1.807, 2.05) is 6.26 Å². The summed E-state index contributed by atoms with van der Waals surface area (Å²) < 4.78 is 2.08. The normalized spacial score (nSPS) is 26.2. The molecular formula is C17H25N5OS2. The number of thioether (sulfide) groups is 1. The van der Waals surface area contributed by atoms with Crippen molar-refractivity contribution in [2.24, 2.45) is 0 Å². The Hall–Kier alpha value is -0.960. The van der Waals surface area contributed by atoms with E-state index < -0.39 is 0 Å². The Morgan fingerprint density at radius 1 is 1.20 bits per heavy atom. The molecule has 0 amide bonds. The van der Waals surface area contributed by atoms with Gasteiger partial charge in [0.25, 0.3) is 0 Å². The zero-order valence-electron chi connectivity index (χ0n) is 14.5. The third-order valence-corrected chi connectivity index (χ3v) is 7.42. The number of aliphatic hydroxyl groups is 1. The molecule has 0 spiro atoms. The van der Waals surface area contributed by atoms with Gasteiger partial charge in [0.05, 0.1) is 6.10 Å². The van der Waals surface area contributed by atoms with E-state index in [4.69, 9.17) is 0 Å². The van der Waals surface area contributed by atoms with Gasteiger partial charge in [-0.1, -0.05) is 24.6 Å². The molecule has 0 aromatic carbocycles. The van der Waals surface area contributed by atoms with E-state index in [1.165, 1.54) is 12.8 Å². The molecule has 136 valence electrons. The Bertz CT molecular complexity index is 716. The van der Waals surface area contributed by atoms with Gasteiger partial charge in [-0.2, -0.15) is 0 Å². The number of hydrogen-bond acceptors (Lipinski definition) is 8. The molecule has 2 aromatic heterocycles. The van der Waals surface area contributed by atoms with Crippen LogP contribution in [0.15, 0.2) is 10.7 Å². The van der Waals surface area contributed by atoms with Crippen LogP contribution in [-0.4, -0.2) is 62.5 Å². The summed E-state index contributed by atoms with van der Waals surface area (Å²) in [4.78, 5) is 15.8. The molecule has 2 aromatic rings. The first-order valence-corrected chi connectivity index (χ1v) is 11.1. The van der Waals surface area contributed by atoms with E-state index in [1.54, 1.807) is 29.4 Å². The maximum absolute atomic E-state index is 10.3. The first kappa shape index (κ1) is 17.5. The van der Waals surface area contributed by atoms with Crippen LogP contribution in [0.2, 0.25) is 0 Å². The zero-order chi connectivity index (χ0) is 17.2. The summed E-state index contributed by atoms with van der Waals surface area (Å²) in [6.45, 7) is 2.10. The Morgan fingerprint density at radius 3 is 2.76 bits per heavy atom. The summed E-state index contributed by atoms with van der Waals surface area (Å²) in [5, 5.41) is 13.9. The maximum atomic E-state index is 10.3.